The number of ether oxygens (including phenoxy) is 1. The molecule has 0 aromatic heterocycles. The number of hydrogen-bond acceptors (Lipinski definition) is 4. The quantitative estimate of drug-likeness (QED) is 0.131. The molecule has 0 saturated heterocycles. The highest BCUT2D eigenvalue weighted by Crippen LogP contribution is 2.22. The molecule has 0 unspecified atom stereocenters. The number of allylic oxidation sites excluding steroid dienone is 1. The van der Waals surface area contributed by atoms with E-state index in [9.17, 15) is 4.79 Å². The van der Waals surface area contributed by atoms with E-state index in [1.807, 2.05) is 85.8 Å². The van der Waals surface area contributed by atoms with Gasteiger partial charge in [-0.25, -0.2) is 0 Å². The molecule has 0 aliphatic rings. The average molecular weight is 572 g/mol. The summed E-state index contributed by atoms with van der Waals surface area (Å²) >= 11 is 0. The van der Waals surface area contributed by atoms with Crippen molar-refractivity contribution in [3.63, 3.8) is 0 Å². The highest BCUT2D eigenvalue weighted by molar-refractivity contribution is 6.19. The zero-order valence-corrected chi connectivity index (χ0v) is 26.6. The molecule has 228 valence electrons. The third kappa shape index (κ3) is 13.1. The van der Waals surface area contributed by atoms with Crippen molar-refractivity contribution in [2.45, 2.75) is 66.8 Å². The van der Waals surface area contributed by atoms with Crippen LogP contribution in [0.5, 0.6) is 5.75 Å². The molecule has 0 bridgehead atoms. The fraction of sp³-hybridized carbons (Fsp3) is 0.432. The Morgan fingerprint density at radius 2 is 1.55 bits per heavy atom. The summed E-state index contributed by atoms with van der Waals surface area (Å²) in [5.41, 5.74) is 5.34. The Balaban J connectivity index is 0.000000295. The van der Waals surface area contributed by atoms with Gasteiger partial charge in [0.1, 0.15) is 12.4 Å². The average Bonchev–Trinajstić information content (AvgIpc) is 3.03. The maximum absolute atomic E-state index is 12.5. The lowest BCUT2D eigenvalue weighted by Gasteiger charge is -2.21. The Labute approximate surface area is 255 Å². The maximum atomic E-state index is 12.5. The molecule has 0 aliphatic heterocycles. The van der Waals surface area contributed by atoms with Crippen molar-refractivity contribution in [2.75, 3.05) is 39.3 Å². The third-order valence-electron chi connectivity index (χ3n) is 7.21. The summed E-state index contributed by atoms with van der Waals surface area (Å²) in [7, 11) is 0. The van der Waals surface area contributed by atoms with Gasteiger partial charge in [-0.3, -0.25) is 4.79 Å². The van der Waals surface area contributed by atoms with E-state index < -0.39 is 0 Å². The predicted octanol–water partition coefficient (Wildman–Crippen LogP) is 7.44. The number of para-hydroxylation sites is 1. The van der Waals surface area contributed by atoms with Gasteiger partial charge in [0, 0.05) is 31.8 Å². The number of carbonyl (C=O) groups is 1. The second kappa shape index (κ2) is 21.3. The number of amides is 1. The van der Waals surface area contributed by atoms with Gasteiger partial charge in [0.05, 0.1) is 0 Å². The molecule has 2 N–H and O–H groups in total. The van der Waals surface area contributed by atoms with Gasteiger partial charge in [-0.2, -0.15) is 0 Å². The minimum atomic E-state index is -0.0253. The summed E-state index contributed by atoms with van der Waals surface area (Å²) in [6, 6.07) is 26.1. The number of nitrogens with zero attached hydrogens (tertiary/aromatic N) is 1. The van der Waals surface area contributed by atoms with Crippen LogP contribution in [0.1, 0.15) is 69.2 Å². The largest absolute Gasteiger partial charge is 0.492 e. The third-order valence-corrected chi connectivity index (χ3v) is 7.21. The number of nitrogens with one attached hydrogen (secondary N) is 2. The number of hydrogen-bond donors (Lipinski definition) is 2. The Morgan fingerprint density at radius 3 is 2.19 bits per heavy atom. The van der Waals surface area contributed by atoms with Crippen LogP contribution in [0.2, 0.25) is 0 Å². The molecule has 0 aliphatic carbocycles. The molecule has 3 aromatic rings. The van der Waals surface area contributed by atoms with Gasteiger partial charge >= 0.3 is 0 Å². The Morgan fingerprint density at radius 1 is 0.833 bits per heavy atom. The van der Waals surface area contributed by atoms with E-state index >= 15 is 0 Å². The Hall–Kier alpha value is -3.41. The van der Waals surface area contributed by atoms with Crippen LogP contribution < -0.4 is 15.4 Å². The van der Waals surface area contributed by atoms with Gasteiger partial charge < -0.3 is 20.3 Å². The molecule has 0 spiro atoms. The first-order chi connectivity index (χ1) is 20.5. The van der Waals surface area contributed by atoms with E-state index in [4.69, 9.17) is 4.74 Å². The van der Waals surface area contributed by atoms with Crippen LogP contribution in [0.4, 0.5) is 0 Å². The van der Waals surface area contributed by atoms with E-state index in [1.165, 1.54) is 43.5 Å². The van der Waals surface area contributed by atoms with E-state index in [1.54, 1.807) is 0 Å². The molecule has 5 nitrogen and oxygen atoms in total. The summed E-state index contributed by atoms with van der Waals surface area (Å²) in [4.78, 5) is 15.1. The van der Waals surface area contributed by atoms with Crippen LogP contribution in [-0.2, 0) is 17.8 Å². The van der Waals surface area contributed by atoms with E-state index in [0.29, 0.717) is 6.54 Å². The number of carbonyl (C=O) groups excluding carboxylic acids is 1. The van der Waals surface area contributed by atoms with Gasteiger partial charge in [-0.15, -0.1) is 0 Å². The SMILES string of the molecule is C/C=C(/C(=O)NCc1ccccc1)c1cccc(CC)c1C.CCCCN(CCC)CCNCCOc1ccccc1. The monoisotopic (exact) mass is 571 g/mol. The molecule has 1 amide bonds. The number of rotatable bonds is 17. The van der Waals surface area contributed by atoms with Crippen molar-refractivity contribution >= 4 is 11.5 Å². The van der Waals surface area contributed by atoms with Gasteiger partial charge in [0.2, 0.25) is 0 Å². The van der Waals surface area contributed by atoms with Crippen LogP contribution in [0.25, 0.3) is 5.57 Å². The Kier molecular flexibility index (Phi) is 17.7. The van der Waals surface area contributed by atoms with Crippen LogP contribution in [0, 0.1) is 6.92 Å². The van der Waals surface area contributed by atoms with Crippen LogP contribution in [0.15, 0.2) is 84.9 Å². The molecule has 0 fully saturated rings. The second-order valence-electron chi connectivity index (χ2n) is 10.4. The summed E-state index contributed by atoms with van der Waals surface area (Å²) in [5, 5.41) is 6.46. The van der Waals surface area contributed by atoms with E-state index in [0.717, 1.165) is 55.1 Å². The molecular weight excluding hydrogens is 518 g/mol. The zero-order valence-electron chi connectivity index (χ0n) is 26.6. The summed E-state index contributed by atoms with van der Waals surface area (Å²) in [6.07, 6.45) is 6.68. The van der Waals surface area contributed by atoms with Crippen molar-refractivity contribution in [1.29, 1.82) is 0 Å². The number of aryl methyl sites for hydroxylation is 1. The normalized spacial score (nSPS) is 11.1. The van der Waals surface area contributed by atoms with Crippen molar-refractivity contribution in [1.82, 2.24) is 15.5 Å². The molecule has 0 saturated carbocycles. The van der Waals surface area contributed by atoms with Crippen molar-refractivity contribution in [2.24, 2.45) is 0 Å². The van der Waals surface area contributed by atoms with Crippen molar-refractivity contribution in [3.8, 4) is 5.75 Å². The fourth-order valence-corrected chi connectivity index (χ4v) is 4.79. The lowest BCUT2D eigenvalue weighted by Crippen LogP contribution is -2.34. The van der Waals surface area contributed by atoms with Gasteiger partial charge in [-0.1, -0.05) is 100.0 Å². The minimum Gasteiger partial charge on any atom is -0.492 e. The van der Waals surface area contributed by atoms with Crippen LogP contribution >= 0.6 is 0 Å². The molecule has 5 heteroatoms. The summed E-state index contributed by atoms with van der Waals surface area (Å²) in [6.45, 7) is 17.4. The molecule has 0 atom stereocenters. The molecule has 3 rings (SSSR count). The first-order valence-corrected chi connectivity index (χ1v) is 15.7. The molecule has 0 heterocycles. The van der Waals surface area contributed by atoms with E-state index in [2.05, 4.69) is 49.3 Å². The Bertz CT molecular complexity index is 1160. The number of benzene rings is 3. The lowest BCUT2D eigenvalue weighted by atomic mass is 9.94. The van der Waals surface area contributed by atoms with Gasteiger partial charge in [-0.05, 0) is 80.6 Å². The standard InChI is InChI=1S/C20H23NO.C17H30N2O/c1-4-17-12-9-13-19(15(17)3)18(5-2)20(22)21-14-16-10-7-6-8-11-16;1-3-5-14-19(13-4-2)15-11-18-12-16-20-17-9-7-6-8-10-17/h5-13H,4,14H2,1-3H3,(H,21,22);6-10,18H,3-5,11-16H2,1-2H3/b18-5+;. The first-order valence-electron chi connectivity index (χ1n) is 15.7. The molecule has 42 heavy (non-hydrogen) atoms. The maximum Gasteiger partial charge on any atom is 0.251 e. The topological polar surface area (TPSA) is 53.6 Å². The van der Waals surface area contributed by atoms with Gasteiger partial charge in [0.25, 0.3) is 5.91 Å². The summed E-state index contributed by atoms with van der Waals surface area (Å²) in [5.74, 6) is 0.924. The highest BCUT2D eigenvalue weighted by Gasteiger charge is 2.14. The van der Waals surface area contributed by atoms with Gasteiger partial charge in [0.15, 0.2) is 0 Å². The summed E-state index contributed by atoms with van der Waals surface area (Å²) < 4.78 is 5.65. The number of unbranched alkanes of at least 4 members (excludes halogenated alkanes) is 1. The van der Waals surface area contributed by atoms with E-state index in [-0.39, 0.29) is 5.91 Å². The smallest absolute Gasteiger partial charge is 0.251 e. The van der Waals surface area contributed by atoms with Crippen molar-refractivity contribution < 1.29 is 9.53 Å². The first kappa shape index (κ1) is 34.8. The van der Waals surface area contributed by atoms with Crippen LogP contribution in [-0.4, -0.2) is 50.1 Å². The van der Waals surface area contributed by atoms with Crippen molar-refractivity contribution in [3.05, 3.63) is 107 Å². The highest BCUT2D eigenvalue weighted by atomic mass is 16.5. The molecule has 3 aromatic carbocycles. The predicted molar refractivity (Wildman–Crippen MR) is 179 cm³/mol. The lowest BCUT2D eigenvalue weighted by molar-refractivity contribution is -0.115. The zero-order chi connectivity index (χ0) is 30.4. The second-order valence-corrected chi connectivity index (χ2v) is 10.4. The molecular formula is C37H53N3O2. The molecule has 0 radical (unpaired) electrons. The fourth-order valence-electron chi connectivity index (χ4n) is 4.79. The van der Waals surface area contributed by atoms with Crippen LogP contribution in [0.3, 0.4) is 0 Å². The minimum absolute atomic E-state index is 0.0253.